The molecule has 8 aliphatic carbocycles. The van der Waals surface area contributed by atoms with Crippen molar-refractivity contribution in [1.29, 1.82) is 0 Å². The highest BCUT2D eigenvalue weighted by atomic mass is 15.2. The first kappa shape index (κ1) is 45.4. The maximum absolute atomic E-state index is 2.81. The number of hydrogen-bond donors (Lipinski definition) is 0. The Hall–Kier alpha value is -5.40. The molecule has 67 heavy (non-hydrogen) atoms. The van der Waals surface area contributed by atoms with Gasteiger partial charge in [-0.25, -0.2) is 0 Å². The summed E-state index contributed by atoms with van der Waals surface area (Å²) in [6.07, 6.45) is 55.4. The normalized spacial score (nSPS) is 29.2. The number of rotatable bonds is 8. The van der Waals surface area contributed by atoms with Crippen LogP contribution in [0.1, 0.15) is 123 Å². The molecule has 0 N–H and O–H groups in total. The van der Waals surface area contributed by atoms with Crippen LogP contribution in [0.3, 0.4) is 0 Å². The zero-order valence-electron chi connectivity index (χ0n) is 41.8. The predicted molar refractivity (Wildman–Crippen MR) is 289 cm³/mol. The van der Waals surface area contributed by atoms with E-state index in [1.807, 2.05) is 0 Å². The largest absolute Gasteiger partial charge is 0.361 e. The molecule has 0 heterocycles. The first-order valence-electron chi connectivity index (χ1n) is 26.0. The minimum absolute atomic E-state index is 0.159. The van der Waals surface area contributed by atoms with Crippen molar-refractivity contribution in [2.45, 2.75) is 124 Å². The lowest BCUT2D eigenvalue weighted by atomic mass is 9.65. The average Bonchev–Trinajstić information content (AvgIpc) is 3.34. The summed E-state index contributed by atoms with van der Waals surface area (Å²) in [7, 11) is 0. The van der Waals surface area contributed by atoms with Gasteiger partial charge in [0, 0.05) is 29.5 Å². The Labute approximate surface area is 404 Å². The smallest absolute Gasteiger partial charge is 0.0514 e. The summed E-state index contributed by atoms with van der Waals surface area (Å²) in [5.74, 6) is 2.82. The van der Waals surface area contributed by atoms with Gasteiger partial charge >= 0.3 is 0 Å². The van der Waals surface area contributed by atoms with Crippen LogP contribution < -0.4 is 4.90 Å². The maximum Gasteiger partial charge on any atom is 0.0514 e. The van der Waals surface area contributed by atoms with E-state index in [0.717, 1.165) is 44.9 Å². The van der Waals surface area contributed by atoms with Crippen molar-refractivity contribution in [3.05, 3.63) is 220 Å². The Morgan fingerprint density at radius 3 is 1.90 bits per heavy atom. The minimum atomic E-state index is 0.159. The average molecular weight is 882 g/mol. The number of nitrogens with zero attached hydrogens (tertiary/aromatic N) is 1. The SMILES string of the molecule is CC1=CC(C)CC=C1C1=CCC(N(c2ccc(C3=CC=C(C4=CC=C(C(C)(C)C)CC4)C4C=CC=CC34)cc2)C2CC=C(C3CC=C(c4ccc(C(C)(C)C)cc4)C4C=CC=CC43)CC2)C=C1. The molecule has 0 amide bonds. The van der Waals surface area contributed by atoms with Crippen molar-refractivity contribution < 1.29 is 0 Å². The van der Waals surface area contributed by atoms with Crippen LogP contribution in [0.15, 0.2) is 203 Å². The Morgan fingerprint density at radius 2 is 1.25 bits per heavy atom. The van der Waals surface area contributed by atoms with E-state index in [4.69, 9.17) is 0 Å². The standard InChI is InChI=1S/C66H75N/c1-44-17-38-56(45(2)43-44)46-22-32-53(33-23-46)67(54-34-24-49(25-35-54)59-41-39-57(61-13-9-11-15-63(59)61)47-18-28-51(29-19-47)65(3,4)5)55-36-26-50(27-37-55)60-42-40-58(62-14-10-12-16-64(60)62)48-20-30-52(31-21-48)66(6,7)8/h9-16,18-20,22-24,26-30,32,36-40,42-44,53-54,59,61-64H,17,21,25,31,33-35,41H2,1-8H3. The van der Waals surface area contributed by atoms with Gasteiger partial charge in [-0.05, 0) is 155 Å². The van der Waals surface area contributed by atoms with Crippen LogP contribution in [0.5, 0.6) is 0 Å². The molecule has 8 unspecified atom stereocenters. The van der Waals surface area contributed by atoms with Crippen molar-refractivity contribution >= 4 is 16.8 Å². The number of anilines is 1. The van der Waals surface area contributed by atoms with Crippen molar-refractivity contribution in [3.8, 4) is 0 Å². The summed E-state index contributed by atoms with van der Waals surface area (Å²) in [6, 6.07) is 20.0. The molecule has 8 aliphatic rings. The molecule has 1 heteroatoms. The van der Waals surface area contributed by atoms with Gasteiger partial charge in [0.25, 0.3) is 0 Å². The molecule has 8 atom stereocenters. The molecule has 0 aromatic heterocycles. The Morgan fingerprint density at radius 1 is 0.567 bits per heavy atom. The van der Waals surface area contributed by atoms with E-state index in [-0.39, 0.29) is 10.8 Å². The second-order valence-electron chi connectivity index (χ2n) is 23.1. The molecule has 1 nitrogen and oxygen atoms in total. The lowest BCUT2D eigenvalue weighted by molar-refractivity contribution is 0.367. The third kappa shape index (κ3) is 9.30. The van der Waals surface area contributed by atoms with E-state index in [0.29, 0.717) is 47.6 Å². The van der Waals surface area contributed by atoms with Crippen molar-refractivity contribution in [3.63, 3.8) is 0 Å². The van der Waals surface area contributed by atoms with Gasteiger partial charge in [0.1, 0.15) is 0 Å². The van der Waals surface area contributed by atoms with Gasteiger partial charge in [-0.2, -0.15) is 0 Å². The Bertz CT molecular complexity index is 2680. The highest BCUT2D eigenvalue weighted by Gasteiger charge is 2.38. The van der Waals surface area contributed by atoms with Gasteiger partial charge in [0.2, 0.25) is 0 Å². The lowest BCUT2D eigenvalue weighted by Gasteiger charge is -2.43. The van der Waals surface area contributed by atoms with Crippen molar-refractivity contribution in [1.82, 2.24) is 0 Å². The fourth-order valence-electron chi connectivity index (χ4n) is 12.8. The van der Waals surface area contributed by atoms with E-state index < -0.39 is 0 Å². The zero-order chi connectivity index (χ0) is 46.5. The van der Waals surface area contributed by atoms with E-state index in [9.17, 15) is 0 Å². The first-order chi connectivity index (χ1) is 32.3. The van der Waals surface area contributed by atoms with E-state index >= 15 is 0 Å². The summed E-state index contributed by atoms with van der Waals surface area (Å²) in [6.45, 7) is 18.6. The van der Waals surface area contributed by atoms with Gasteiger partial charge in [-0.1, -0.05) is 211 Å². The van der Waals surface area contributed by atoms with Crippen LogP contribution in [0.2, 0.25) is 0 Å². The first-order valence-corrected chi connectivity index (χ1v) is 26.0. The number of hydrogen-bond acceptors (Lipinski definition) is 1. The molecular weight excluding hydrogens is 807 g/mol. The van der Waals surface area contributed by atoms with Crippen LogP contribution in [0.4, 0.5) is 5.69 Å². The van der Waals surface area contributed by atoms with Gasteiger partial charge < -0.3 is 4.90 Å². The van der Waals surface area contributed by atoms with E-state index in [1.54, 1.807) is 11.1 Å². The van der Waals surface area contributed by atoms with Gasteiger partial charge in [-0.3, -0.25) is 0 Å². The topological polar surface area (TPSA) is 3.24 Å². The summed E-state index contributed by atoms with van der Waals surface area (Å²) >= 11 is 0. The monoisotopic (exact) mass is 882 g/mol. The quantitative estimate of drug-likeness (QED) is 0.239. The van der Waals surface area contributed by atoms with Crippen LogP contribution in [0, 0.1) is 40.9 Å². The summed E-state index contributed by atoms with van der Waals surface area (Å²) < 4.78 is 0. The minimum Gasteiger partial charge on any atom is -0.361 e. The highest BCUT2D eigenvalue weighted by Crippen LogP contribution is 2.49. The predicted octanol–water partition coefficient (Wildman–Crippen LogP) is 17.3. The lowest BCUT2D eigenvalue weighted by Crippen LogP contribution is -2.44. The molecule has 0 spiro atoms. The van der Waals surface area contributed by atoms with Crippen molar-refractivity contribution in [2.75, 3.05) is 4.90 Å². The van der Waals surface area contributed by atoms with Gasteiger partial charge in [0.05, 0.1) is 6.04 Å². The van der Waals surface area contributed by atoms with Crippen LogP contribution in [0.25, 0.3) is 11.1 Å². The van der Waals surface area contributed by atoms with Gasteiger partial charge in [0.15, 0.2) is 0 Å². The number of fused-ring (bicyclic) bond motifs is 2. The Balaban J connectivity index is 0.920. The molecule has 0 radical (unpaired) electrons. The fourth-order valence-corrected chi connectivity index (χ4v) is 12.8. The fraction of sp³-hybridized carbons (Fsp3) is 0.394. The molecule has 2 aromatic rings. The summed E-state index contributed by atoms with van der Waals surface area (Å²) in [5, 5.41) is 0. The molecule has 0 fully saturated rings. The van der Waals surface area contributed by atoms with E-state index in [1.165, 1.54) is 67.8 Å². The third-order valence-electron chi connectivity index (χ3n) is 16.6. The molecular formula is C66H75N. The number of benzene rings is 2. The molecule has 0 saturated heterocycles. The summed E-state index contributed by atoms with van der Waals surface area (Å²) in [4.78, 5) is 2.81. The highest BCUT2D eigenvalue weighted by molar-refractivity contribution is 5.76. The van der Waals surface area contributed by atoms with Crippen LogP contribution in [-0.4, -0.2) is 12.1 Å². The van der Waals surface area contributed by atoms with Gasteiger partial charge in [-0.15, -0.1) is 0 Å². The third-order valence-corrected chi connectivity index (χ3v) is 16.6. The van der Waals surface area contributed by atoms with Crippen LogP contribution >= 0.6 is 0 Å². The summed E-state index contributed by atoms with van der Waals surface area (Å²) in [5.41, 5.74) is 19.3. The molecule has 2 aromatic carbocycles. The molecule has 0 bridgehead atoms. The van der Waals surface area contributed by atoms with Crippen molar-refractivity contribution in [2.24, 2.45) is 40.9 Å². The number of allylic oxidation sites excluding steroid dienone is 25. The Kier molecular flexibility index (Phi) is 12.6. The molecule has 0 saturated carbocycles. The zero-order valence-corrected chi connectivity index (χ0v) is 41.8. The second kappa shape index (κ2) is 18.6. The van der Waals surface area contributed by atoms with E-state index in [2.05, 4.69) is 224 Å². The molecule has 10 rings (SSSR count). The molecule has 0 aliphatic heterocycles. The van der Waals surface area contributed by atoms with Crippen LogP contribution in [-0.2, 0) is 5.41 Å². The second-order valence-corrected chi connectivity index (χ2v) is 23.1. The molecule has 344 valence electrons. The maximum atomic E-state index is 2.81.